The van der Waals surface area contributed by atoms with Crippen molar-refractivity contribution in [1.29, 1.82) is 0 Å². The van der Waals surface area contributed by atoms with Crippen LogP contribution in [-0.2, 0) is 16.1 Å². The zero-order chi connectivity index (χ0) is 17.4. The highest BCUT2D eigenvalue weighted by Gasteiger charge is 2.39. The minimum atomic E-state index is -0.516. The van der Waals surface area contributed by atoms with Gasteiger partial charge in [0.25, 0.3) is 5.91 Å². The van der Waals surface area contributed by atoms with E-state index in [9.17, 15) is 9.59 Å². The van der Waals surface area contributed by atoms with E-state index < -0.39 is 6.04 Å². The molecule has 0 unspecified atom stereocenters. The molecule has 1 saturated heterocycles. The smallest absolute Gasteiger partial charge is 0.251 e. The van der Waals surface area contributed by atoms with Crippen molar-refractivity contribution in [3.05, 3.63) is 51.6 Å². The highest BCUT2D eigenvalue weighted by molar-refractivity contribution is 14.1. The summed E-state index contributed by atoms with van der Waals surface area (Å²) in [7, 11) is 0. The van der Waals surface area contributed by atoms with E-state index in [2.05, 4.69) is 27.9 Å². The van der Waals surface area contributed by atoms with E-state index in [1.165, 1.54) is 4.90 Å². The molecule has 128 valence electrons. The fourth-order valence-electron chi connectivity index (χ4n) is 2.94. The molecule has 0 aliphatic carbocycles. The Morgan fingerprint density at radius 3 is 2.64 bits per heavy atom. The molecule has 0 bridgehead atoms. The molecule has 4 rings (SSSR count). The van der Waals surface area contributed by atoms with E-state index >= 15 is 0 Å². The van der Waals surface area contributed by atoms with Crippen molar-refractivity contribution in [2.24, 2.45) is 0 Å². The fourth-order valence-corrected chi connectivity index (χ4v) is 3.30. The summed E-state index contributed by atoms with van der Waals surface area (Å²) in [5.41, 5.74) is 1.58. The lowest BCUT2D eigenvalue weighted by atomic mass is 10.1. The van der Waals surface area contributed by atoms with Crippen molar-refractivity contribution < 1.29 is 19.1 Å². The third kappa shape index (κ3) is 3.21. The lowest BCUT2D eigenvalue weighted by Crippen LogP contribution is -2.38. The van der Waals surface area contributed by atoms with E-state index in [1.54, 1.807) is 12.1 Å². The van der Waals surface area contributed by atoms with Crippen molar-refractivity contribution in [2.45, 2.75) is 19.0 Å². The normalized spacial score (nSPS) is 18.9. The Hall–Kier alpha value is -2.13. The van der Waals surface area contributed by atoms with Crippen molar-refractivity contribution in [3.8, 4) is 11.5 Å². The number of hydrogen-bond acceptors (Lipinski definition) is 5. The van der Waals surface area contributed by atoms with Gasteiger partial charge in [-0.05, 0) is 64.6 Å². The lowest BCUT2D eigenvalue weighted by Gasteiger charge is -2.15. The Morgan fingerprint density at radius 1 is 1.08 bits per heavy atom. The van der Waals surface area contributed by atoms with Crippen LogP contribution in [0.1, 0.15) is 12.0 Å². The molecule has 1 fully saturated rings. The number of nitrogens with one attached hydrogen (secondary N) is 1. The van der Waals surface area contributed by atoms with Crippen molar-refractivity contribution >= 4 is 40.1 Å². The van der Waals surface area contributed by atoms with Gasteiger partial charge in [-0.15, -0.1) is 0 Å². The van der Waals surface area contributed by atoms with Crippen LogP contribution in [0.3, 0.4) is 0 Å². The number of imide groups is 1. The van der Waals surface area contributed by atoms with Gasteiger partial charge in [0.15, 0.2) is 11.5 Å². The molecule has 0 spiro atoms. The van der Waals surface area contributed by atoms with Gasteiger partial charge in [-0.25, -0.2) is 4.90 Å². The second-order valence-electron chi connectivity index (χ2n) is 5.87. The monoisotopic (exact) mass is 450 g/mol. The molecular formula is C18H15IN2O4. The van der Waals surface area contributed by atoms with Crippen LogP contribution in [0, 0.1) is 3.57 Å². The van der Waals surface area contributed by atoms with E-state index in [0.717, 1.165) is 14.9 Å². The van der Waals surface area contributed by atoms with Gasteiger partial charge >= 0.3 is 0 Å². The van der Waals surface area contributed by atoms with Crippen LogP contribution in [-0.4, -0.2) is 24.6 Å². The van der Waals surface area contributed by atoms with Gasteiger partial charge in [0, 0.05) is 10.1 Å². The molecule has 6 nitrogen and oxygen atoms in total. The number of ether oxygens (including phenoxy) is 2. The first-order chi connectivity index (χ1) is 12.1. The van der Waals surface area contributed by atoms with Gasteiger partial charge < -0.3 is 14.8 Å². The summed E-state index contributed by atoms with van der Waals surface area (Å²) in [6, 6.07) is 12.5. The molecule has 2 aliphatic heterocycles. The maximum atomic E-state index is 12.6. The van der Waals surface area contributed by atoms with Crippen LogP contribution in [0.4, 0.5) is 5.69 Å². The Labute approximate surface area is 158 Å². The minimum Gasteiger partial charge on any atom is -0.454 e. The summed E-state index contributed by atoms with van der Waals surface area (Å²) >= 11 is 2.19. The quantitative estimate of drug-likeness (QED) is 0.573. The third-order valence-electron chi connectivity index (χ3n) is 4.22. The first-order valence-corrected chi connectivity index (χ1v) is 8.94. The van der Waals surface area contributed by atoms with E-state index in [0.29, 0.717) is 18.0 Å². The van der Waals surface area contributed by atoms with Crippen LogP contribution < -0.4 is 19.7 Å². The molecular weight excluding hydrogens is 435 g/mol. The van der Waals surface area contributed by atoms with Gasteiger partial charge in [-0.3, -0.25) is 9.59 Å². The maximum Gasteiger partial charge on any atom is 0.251 e. The molecule has 2 aromatic rings. The molecule has 7 heteroatoms. The standard InChI is InChI=1S/C18H15IN2O4/c19-12-2-4-13(5-3-12)21-17(22)8-14(18(21)23)20-9-11-1-6-15-16(7-11)25-10-24-15/h1-7,14,20H,8-10H2/t14-/m1/s1. The lowest BCUT2D eigenvalue weighted by molar-refractivity contribution is -0.121. The zero-order valence-corrected chi connectivity index (χ0v) is 15.4. The topological polar surface area (TPSA) is 67.9 Å². The highest BCUT2D eigenvalue weighted by atomic mass is 127. The number of benzene rings is 2. The largest absolute Gasteiger partial charge is 0.454 e. The third-order valence-corrected chi connectivity index (χ3v) is 4.94. The number of amides is 2. The van der Waals surface area contributed by atoms with Crippen LogP contribution in [0.25, 0.3) is 0 Å². The summed E-state index contributed by atoms with van der Waals surface area (Å²) in [6.07, 6.45) is 0.162. The number of carbonyl (C=O) groups is 2. The van der Waals surface area contributed by atoms with Gasteiger partial charge in [-0.1, -0.05) is 6.07 Å². The molecule has 0 aromatic heterocycles. The molecule has 1 atom stereocenters. The minimum absolute atomic E-state index is 0.162. The second kappa shape index (κ2) is 6.64. The number of rotatable bonds is 4. The van der Waals surface area contributed by atoms with E-state index in [1.807, 2.05) is 30.3 Å². The average Bonchev–Trinajstić information content (AvgIpc) is 3.18. The Bertz CT molecular complexity index is 837. The SMILES string of the molecule is O=C1C[C@@H](NCc2ccc3c(c2)OCO3)C(=O)N1c1ccc(I)cc1. The molecule has 2 aromatic carbocycles. The number of nitrogens with zero attached hydrogens (tertiary/aromatic N) is 1. The van der Waals surface area contributed by atoms with Crippen molar-refractivity contribution in [1.82, 2.24) is 5.32 Å². The summed E-state index contributed by atoms with van der Waals surface area (Å²) in [5, 5.41) is 3.17. The Morgan fingerprint density at radius 2 is 1.84 bits per heavy atom. The molecule has 25 heavy (non-hydrogen) atoms. The molecule has 2 heterocycles. The molecule has 0 saturated carbocycles. The first kappa shape index (κ1) is 16.3. The van der Waals surface area contributed by atoms with Gasteiger partial charge in [0.1, 0.15) is 0 Å². The van der Waals surface area contributed by atoms with Gasteiger partial charge in [0.2, 0.25) is 12.7 Å². The Kier molecular flexibility index (Phi) is 4.34. The number of anilines is 1. The first-order valence-electron chi connectivity index (χ1n) is 7.86. The number of hydrogen-bond donors (Lipinski definition) is 1. The summed E-state index contributed by atoms with van der Waals surface area (Å²) in [4.78, 5) is 26.1. The van der Waals surface area contributed by atoms with Crippen LogP contribution in [0.2, 0.25) is 0 Å². The molecule has 2 aliphatic rings. The number of fused-ring (bicyclic) bond motifs is 1. The van der Waals surface area contributed by atoms with Gasteiger partial charge in [-0.2, -0.15) is 0 Å². The summed E-state index contributed by atoms with van der Waals surface area (Å²) in [6.45, 7) is 0.702. The van der Waals surface area contributed by atoms with Crippen molar-refractivity contribution in [2.75, 3.05) is 11.7 Å². The van der Waals surface area contributed by atoms with Crippen LogP contribution in [0.5, 0.6) is 11.5 Å². The molecule has 2 amide bonds. The average molecular weight is 450 g/mol. The van der Waals surface area contributed by atoms with Crippen LogP contribution >= 0.6 is 22.6 Å². The molecule has 0 radical (unpaired) electrons. The zero-order valence-electron chi connectivity index (χ0n) is 13.2. The van der Waals surface area contributed by atoms with Crippen LogP contribution in [0.15, 0.2) is 42.5 Å². The molecule has 1 N–H and O–H groups in total. The maximum absolute atomic E-state index is 12.6. The highest BCUT2D eigenvalue weighted by Crippen LogP contribution is 2.32. The predicted octanol–water partition coefficient (Wildman–Crippen LogP) is 2.44. The number of halogens is 1. The van der Waals surface area contributed by atoms with E-state index in [-0.39, 0.29) is 25.0 Å². The van der Waals surface area contributed by atoms with Crippen molar-refractivity contribution in [3.63, 3.8) is 0 Å². The van der Waals surface area contributed by atoms with Gasteiger partial charge in [0.05, 0.1) is 18.2 Å². The Balaban J connectivity index is 1.44. The second-order valence-corrected chi connectivity index (χ2v) is 7.11. The van der Waals surface area contributed by atoms with E-state index in [4.69, 9.17) is 9.47 Å². The fraction of sp³-hybridized carbons (Fsp3) is 0.222. The summed E-state index contributed by atoms with van der Waals surface area (Å²) in [5.74, 6) is 1.02. The summed E-state index contributed by atoms with van der Waals surface area (Å²) < 4.78 is 11.7. The predicted molar refractivity (Wildman–Crippen MR) is 99.5 cm³/mol. The number of carbonyl (C=O) groups excluding carboxylic acids is 2.